The number of hydrogen-bond acceptors (Lipinski definition) is 3. The second-order valence-electron chi connectivity index (χ2n) is 7.64. The van der Waals surface area contributed by atoms with Gasteiger partial charge in [-0.3, -0.25) is 9.59 Å². The van der Waals surface area contributed by atoms with Crippen LogP contribution in [0.2, 0.25) is 0 Å². The van der Waals surface area contributed by atoms with Crippen LogP contribution in [0.25, 0.3) is 5.57 Å². The van der Waals surface area contributed by atoms with Crippen LogP contribution in [0, 0.1) is 0 Å². The van der Waals surface area contributed by atoms with Crippen LogP contribution in [0.3, 0.4) is 0 Å². The van der Waals surface area contributed by atoms with Crippen LogP contribution in [0.15, 0.2) is 30.3 Å². The minimum absolute atomic E-state index is 0.0198. The van der Waals surface area contributed by atoms with Gasteiger partial charge in [0.25, 0.3) is 0 Å². The van der Waals surface area contributed by atoms with Crippen molar-refractivity contribution in [3.05, 3.63) is 41.5 Å². The summed E-state index contributed by atoms with van der Waals surface area (Å²) < 4.78 is 0. The third-order valence-electron chi connectivity index (χ3n) is 6.03. The largest absolute Gasteiger partial charge is 0.394 e. The predicted molar refractivity (Wildman–Crippen MR) is 106 cm³/mol. The lowest BCUT2D eigenvalue weighted by Crippen LogP contribution is -2.68. The van der Waals surface area contributed by atoms with Gasteiger partial charge in [0, 0.05) is 32.9 Å². The zero-order chi connectivity index (χ0) is 19.6. The fourth-order valence-electron chi connectivity index (χ4n) is 4.41. The zero-order valence-electron chi connectivity index (χ0n) is 16.5. The molecule has 3 rings (SSSR count). The number of amides is 2. The SMILES string of the molecule is CCC(=O)N1[C@H](CN(C)C(C)=O)[C@H](c2ccc(C3=CCCC3)cc2)[C@@H]1CO. The fourth-order valence-corrected chi connectivity index (χ4v) is 4.41. The van der Waals surface area contributed by atoms with Gasteiger partial charge < -0.3 is 14.9 Å². The summed E-state index contributed by atoms with van der Waals surface area (Å²) in [5, 5.41) is 9.94. The monoisotopic (exact) mass is 370 g/mol. The molecule has 5 heteroatoms. The molecule has 0 bridgehead atoms. The summed E-state index contributed by atoms with van der Waals surface area (Å²) in [5.74, 6) is 0.0486. The van der Waals surface area contributed by atoms with Crippen molar-refractivity contribution in [2.45, 2.75) is 57.5 Å². The Kier molecular flexibility index (Phi) is 6.00. The van der Waals surface area contributed by atoms with Crippen molar-refractivity contribution in [3.63, 3.8) is 0 Å². The predicted octanol–water partition coefficient (Wildman–Crippen LogP) is 2.80. The maximum Gasteiger partial charge on any atom is 0.222 e. The van der Waals surface area contributed by atoms with E-state index in [1.165, 1.54) is 24.5 Å². The molecule has 1 fully saturated rings. The molecule has 0 saturated carbocycles. The number of rotatable bonds is 6. The van der Waals surface area contributed by atoms with Crippen molar-refractivity contribution < 1.29 is 14.7 Å². The number of hydrogen-bond donors (Lipinski definition) is 1. The van der Waals surface area contributed by atoms with Crippen LogP contribution in [0.4, 0.5) is 0 Å². The van der Waals surface area contributed by atoms with E-state index in [-0.39, 0.29) is 36.4 Å². The molecule has 1 aromatic rings. The van der Waals surface area contributed by atoms with Gasteiger partial charge in [0.15, 0.2) is 0 Å². The summed E-state index contributed by atoms with van der Waals surface area (Å²) in [4.78, 5) is 27.6. The normalized spacial score (nSPS) is 24.4. The Hall–Kier alpha value is -2.14. The molecule has 1 heterocycles. The van der Waals surface area contributed by atoms with Crippen molar-refractivity contribution >= 4 is 17.4 Å². The highest BCUT2D eigenvalue weighted by molar-refractivity contribution is 5.79. The van der Waals surface area contributed by atoms with Crippen molar-refractivity contribution in [2.75, 3.05) is 20.2 Å². The molecule has 1 aliphatic carbocycles. The third-order valence-corrected chi connectivity index (χ3v) is 6.03. The summed E-state index contributed by atoms with van der Waals surface area (Å²) in [6, 6.07) is 8.22. The van der Waals surface area contributed by atoms with Gasteiger partial charge >= 0.3 is 0 Å². The van der Waals surface area contributed by atoms with E-state index in [4.69, 9.17) is 0 Å². The number of benzene rings is 1. The molecule has 2 aliphatic rings. The van der Waals surface area contributed by atoms with Crippen molar-refractivity contribution in [3.8, 4) is 0 Å². The Morgan fingerprint density at radius 3 is 2.44 bits per heavy atom. The first-order valence-electron chi connectivity index (χ1n) is 9.91. The highest BCUT2D eigenvalue weighted by atomic mass is 16.3. The maximum absolute atomic E-state index is 12.4. The second-order valence-corrected chi connectivity index (χ2v) is 7.64. The molecule has 5 nitrogen and oxygen atoms in total. The quantitative estimate of drug-likeness (QED) is 0.838. The first kappa shape index (κ1) is 19.6. The molecule has 0 spiro atoms. The molecule has 1 aromatic carbocycles. The van der Waals surface area contributed by atoms with Crippen molar-refractivity contribution in [1.82, 2.24) is 9.80 Å². The number of aliphatic hydroxyl groups excluding tert-OH is 1. The van der Waals surface area contributed by atoms with Crippen LogP contribution in [-0.4, -0.2) is 59.0 Å². The summed E-state index contributed by atoms with van der Waals surface area (Å²) in [7, 11) is 1.76. The Morgan fingerprint density at radius 2 is 1.93 bits per heavy atom. The minimum atomic E-state index is -0.223. The molecule has 1 N–H and O–H groups in total. The summed E-state index contributed by atoms with van der Waals surface area (Å²) in [6.07, 6.45) is 6.21. The van der Waals surface area contributed by atoms with E-state index in [2.05, 4.69) is 30.3 Å². The summed E-state index contributed by atoms with van der Waals surface area (Å²) in [6.45, 7) is 3.78. The molecule has 27 heavy (non-hydrogen) atoms. The van der Waals surface area contributed by atoms with E-state index < -0.39 is 0 Å². The topological polar surface area (TPSA) is 60.9 Å². The van der Waals surface area contributed by atoms with Crippen LogP contribution >= 0.6 is 0 Å². The number of aliphatic hydroxyl groups is 1. The highest BCUT2D eigenvalue weighted by Gasteiger charge is 2.50. The van der Waals surface area contributed by atoms with Crippen molar-refractivity contribution in [2.24, 2.45) is 0 Å². The van der Waals surface area contributed by atoms with E-state index in [0.717, 1.165) is 18.4 Å². The van der Waals surface area contributed by atoms with Gasteiger partial charge in [-0.05, 0) is 36.0 Å². The lowest BCUT2D eigenvalue weighted by Gasteiger charge is -2.55. The molecule has 0 unspecified atom stereocenters. The van der Waals surface area contributed by atoms with Gasteiger partial charge in [-0.25, -0.2) is 0 Å². The number of likely N-dealkylation sites (tertiary alicyclic amines) is 1. The number of carbonyl (C=O) groups is 2. The average Bonchev–Trinajstić information content (AvgIpc) is 3.19. The van der Waals surface area contributed by atoms with Gasteiger partial charge in [-0.15, -0.1) is 0 Å². The molecule has 1 saturated heterocycles. The van der Waals surface area contributed by atoms with Crippen LogP contribution in [0.5, 0.6) is 0 Å². The summed E-state index contributed by atoms with van der Waals surface area (Å²) in [5.41, 5.74) is 3.79. The van der Waals surface area contributed by atoms with Gasteiger partial charge in [0.05, 0.1) is 18.7 Å². The Bertz CT molecular complexity index is 726. The number of carbonyl (C=O) groups excluding carboxylic acids is 2. The van der Waals surface area contributed by atoms with Gasteiger partial charge in [0.2, 0.25) is 11.8 Å². The molecule has 3 atom stereocenters. The van der Waals surface area contributed by atoms with E-state index in [1.54, 1.807) is 16.8 Å². The lowest BCUT2D eigenvalue weighted by atomic mass is 9.74. The number of nitrogens with zero attached hydrogens (tertiary/aromatic N) is 2. The summed E-state index contributed by atoms with van der Waals surface area (Å²) >= 11 is 0. The van der Waals surface area contributed by atoms with E-state index in [0.29, 0.717) is 13.0 Å². The zero-order valence-corrected chi connectivity index (χ0v) is 16.5. The molecule has 1 aliphatic heterocycles. The van der Waals surface area contributed by atoms with Gasteiger partial charge in [-0.2, -0.15) is 0 Å². The number of likely N-dealkylation sites (N-methyl/N-ethyl adjacent to an activating group) is 1. The van der Waals surface area contributed by atoms with Crippen LogP contribution < -0.4 is 0 Å². The van der Waals surface area contributed by atoms with Crippen LogP contribution in [0.1, 0.15) is 56.6 Å². The molecule has 0 radical (unpaired) electrons. The molecular weight excluding hydrogens is 340 g/mol. The third kappa shape index (κ3) is 3.79. The molecule has 146 valence electrons. The molecular formula is C22H30N2O3. The van der Waals surface area contributed by atoms with Gasteiger partial charge in [0.1, 0.15) is 0 Å². The Balaban J connectivity index is 1.85. The maximum atomic E-state index is 12.4. The van der Waals surface area contributed by atoms with Crippen LogP contribution in [-0.2, 0) is 9.59 Å². The first-order chi connectivity index (χ1) is 13.0. The standard InChI is InChI=1S/C22H30N2O3/c1-4-21(27)24-19(13-23(3)15(2)26)22(20(24)14-25)18-11-9-17(10-12-18)16-7-5-6-8-16/h7,9-12,19-20,22,25H,4-6,8,13-14H2,1-3H3/t19-,20+,22+/m1/s1. The highest BCUT2D eigenvalue weighted by Crippen LogP contribution is 2.42. The van der Waals surface area contributed by atoms with E-state index in [9.17, 15) is 14.7 Å². The van der Waals surface area contributed by atoms with Crippen molar-refractivity contribution in [1.29, 1.82) is 0 Å². The number of allylic oxidation sites excluding steroid dienone is 2. The minimum Gasteiger partial charge on any atom is -0.394 e. The van der Waals surface area contributed by atoms with Gasteiger partial charge in [-0.1, -0.05) is 37.3 Å². The molecule has 2 amide bonds. The Morgan fingerprint density at radius 1 is 1.22 bits per heavy atom. The fraction of sp³-hybridized carbons (Fsp3) is 0.545. The first-order valence-corrected chi connectivity index (χ1v) is 9.91. The lowest BCUT2D eigenvalue weighted by molar-refractivity contribution is -0.153. The second kappa shape index (κ2) is 8.26. The molecule has 0 aromatic heterocycles. The van der Waals surface area contributed by atoms with E-state index in [1.807, 2.05) is 6.92 Å². The smallest absolute Gasteiger partial charge is 0.222 e. The Labute approximate surface area is 161 Å². The average molecular weight is 370 g/mol. The van der Waals surface area contributed by atoms with E-state index >= 15 is 0 Å².